The first-order valence-electron chi connectivity index (χ1n) is 13.0. The molecule has 0 radical (unpaired) electrons. The van der Waals surface area contributed by atoms with Gasteiger partial charge in [0.1, 0.15) is 5.82 Å². The predicted molar refractivity (Wildman–Crippen MR) is 150 cm³/mol. The lowest BCUT2D eigenvalue weighted by Gasteiger charge is -2.42. The van der Waals surface area contributed by atoms with E-state index in [1.807, 2.05) is 0 Å². The van der Waals surface area contributed by atoms with Crippen molar-refractivity contribution in [2.24, 2.45) is 5.92 Å². The molecule has 41 heavy (non-hydrogen) atoms. The maximum atomic E-state index is 15.1. The Hall–Kier alpha value is -4.66. The largest absolute Gasteiger partial charge is 0.416 e. The Labute approximate surface area is 234 Å². The molecule has 1 aliphatic rings. The number of aryl methyl sites for hydroxylation is 2. The zero-order valence-corrected chi connectivity index (χ0v) is 22.3. The van der Waals surface area contributed by atoms with Gasteiger partial charge >= 0.3 is 6.18 Å². The van der Waals surface area contributed by atoms with E-state index in [0.717, 1.165) is 6.07 Å². The molecule has 9 heteroatoms. The van der Waals surface area contributed by atoms with Gasteiger partial charge in [-0.05, 0) is 78.9 Å². The fraction of sp³-hybridized carbons (Fsp3) is 0.188. The zero-order chi connectivity index (χ0) is 29.5. The van der Waals surface area contributed by atoms with Gasteiger partial charge in [0.15, 0.2) is 0 Å². The predicted octanol–water partition coefficient (Wildman–Crippen LogP) is 7.24. The highest BCUT2D eigenvalue weighted by atomic mass is 19.4. The van der Waals surface area contributed by atoms with Gasteiger partial charge in [-0.1, -0.05) is 48.5 Å². The molecule has 0 spiro atoms. The summed E-state index contributed by atoms with van der Waals surface area (Å²) >= 11 is 0. The zero-order valence-electron chi connectivity index (χ0n) is 22.3. The lowest BCUT2D eigenvalue weighted by Crippen LogP contribution is -2.47. The average molecular weight is 562 g/mol. The fourth-order valence-electron chi connectivity index (χ4n) is 5.41. The number of hydrogen-bond acceptors (Lipinski definition) is 3. The quantitative estimate of drug-likeness (QED) is 0.204. The molecule has 0 bridgehead atoms. The highest BCUT2D eigenvalue weighted by molar-refractivity contribution is 6.09. The molecule has 5 nitrogen and oxygen atoms in total. The van der Waals surface area contributed by atoms with Crippen LogP contribution in [0.1, 0.15) is 44.2 Å². The van der Waals surface area contributed by atoms with Crippen molar-refractivity contribution in [3.63, 3.8) is 0 Å². The molecule has 5 rings (SSSR count). The maximum Gasteiger partial charge on any atom is 0.416 e. The summed E-state index contributed by atoms with van der Waals surface area (Å²) in [6.45, 7) is 2.97. The summed E-state index contributed by atoms with van der Waals surface area (Å²) in [7, 11) is 0. The summed E-state index contributed by atoms with van der Waals surface area (Å²) in [5.74, 6) is -2.85. The SMILES string of the molecule is Cc1ccc(NC(=O)[C@H]2Cc3ccccc3N(C(=O)c3c(C)cccc3F)[C@H]2c2ccc(N)cc2)cc1C(F)(F)F. The van der Waals surface area contributed by atoms with Gasteiger partial charge in [0.25, 0.3) is 5.91 Å². The van der Waals surface area contributed by atoms with Crippen LogP contribution in [-0.4, -0.2) is 11.8 Å². The Balaban J connectivity index is 1.64. The van der Waals surface area contributed by atoms with Gasteiger partial charge < -0.3 is 11.1 Å². The van der Waals surface area contributed by atoms with E-state index in [1.165, 1.54) is 36.1 Å². The molecule has 0 fully saturated rings. The van der Waals surface area contributed by atoms with Crippen molar-refractivity contribution in [3.05, 3.63) is 124 Å². The summed E-state index contributed by atoms with van der Waals surface area (Å²) in [6, 6.07) is 20.7. The second-order valence-corrected chi connectivity index (χ2v) is 10.2. The average Bonchev–Trinajstić information content (AvgIpc) is 2.92. The Bertz CT molecular complexity index is 1610. The molecule has 4 aromatic rings. The van der Waals surface area contributed by atoms with Crippen LogP contribution in [0.2, 0.25) is 0 Å². The summed E-state index contributed by atoms with van der Waals surface area (Å²) in [5.41, 5.74) is 7.58. The third-order valence-electron chi connectivity index (χ3n) is 7.43. The van der Waals surface area contributed by atoms with Gasteiger partial charge in [-0.15, -0.1) is 0 Å². The van der Waals surface area contributed by atoms with Crippen molar-refractivity contribution < 1.29 is 27.2 Å². The number of anilines is 3. The first-order valence-corrected chi connectivity index (χ1v) is 13.0. The highest BCUT2D eigenvalue weighted by Gasteiger charge is 2.43. The molecule has 1 aliphatic heterocycles. The standard InChI is InChI=1S/C32H27F4N3O2/c1-18-10-15-23(17-25(18)32(34,35)36)38-30(40)24-16-21-7-3-4-9-27(21)39(29(24)20-11-13-22(37)14-12-20)31(41)28-19(2)6-5-8-26(28)33/h3-15,17,24,29H,16,37H2,1-2H3,(H,38,40)/t24-,29-/m0/s1. The molecule has 0 unspecified atom stereocenters. The molecule has 210 valence electrons. The lowest BCUT2D eigenvalue weighted by atomic mass is 9.80. The van der Waals surface area contributed by atoms with E-state index in [-0.39, 0.29) is 23.2 Å². The Morgan fingerprint density at radius 2 is 1.61 bits per heavy atom. The summed E-state index contributed by atoms with van der Waals surface area (Å²) in [6.07, 6.45) is -4.41. The van der Waals surface area contributed by atoms with E-state index in [0.29, 0.717) is 28.1 Å². The monoisotopic (exact) mass is 561 g/mol. The third-order valence-corrected chi connectivity index (χ3v) is 7.43. The molecule has 1 heterocycles. The van der Waals surface area contributed by atoms with Crippen molar-refractivity contribution in [3.8, 4) is 0 Å². The molecule has 0 saturated carbocycles. The van der Waals surface area contributed by atoms with Crippen molar-refractivity contribution in [1.82, 2.24) is 0 Å². The first kappa shape index (κ1) is 27.9. The number of para-hydroxylation sites is 1. The fourth-order valence-corrected chi connectivity index (χ4v) is 5.41. The number of hydrogen-bond donors (Lipinski definition) is 2. The maximum absolute atomic E-state index is 15.1. The number of nitrogens with two attached hydrogens (primary N) is 1. The number of halogens is 4. The number of rotatable bonds is 4. The summed E-state index contributed by atoms with van der Waals surface area (Å²) in [4.78, 5) is 29.5. The van der Waals surface area contributed by atoms with Crippen LogP contribution in [0.15, 0.2) is 84.9 Å². The Kier molecular flexibility index (Phi) is 7.29. The molecule has 2 atom stereocenters. The van der Waals surface area contributed by atoms with Gasteiger partial charge in [0.05, 0.1) is 23.1 Å². The van der Waals surface area contributed by atoms with Crippen molar-refractivity contribution >= 4 is 28.9 Å². The van der Waals surface area contributed by atoms with Crippen LogP contribution in [0, 0.1) is 25.6 Å². The van der Waals surface area contributed by atoms with Crippen LogP contribution in [-0.2, 0) is 17.4 Å². The van der Waals surface area contributed by atoms with Gasteiger partial charge in [0, 0.05) is 17.1 Å². The van der Waals surface area contributed by atoms with E-state index in [9.17, 15) is 22.8 Å². The molecule has 0 aromatic heterocycles. The van der Waals surface area contributed by atoms with Crippen LogP contribution in [0.25, 0.3) is 0 Å². The van der Waals surface area contributed by atoms with Crippen LogP contribution in [0.5, 0.6) is 0 Å². The molecule has 3 N–H and O–H groups in total. The van der Waals surface area contributed by atoms with E-state index in [4.69, 9.17) is 5.73 Å². The second kappa shape index (κ2) is 10.7. The summed E-state index contributed by atoms with van der Waals surface area (Å²) < 4.78 is 55.8. The second-order valence-electron chi connectivity index (χ2n) is 10.2. The number of carbonyl (C=O) groups excluding carboxylic acids is 2. The van der Waals surface area contributed by atoms with Crippen molar-refractivity contribution in [2.45, 2.75) is 32.5 Å². The van der Waals surface area contributed by atoms with Crippen molar-refractivity contribution in [1.29, 1.82) is 0 Å². The molecule has 2 amide bonds. The van der Waals surface area contributed by atoms with E-state index in [2.05, 4.69) is 5.32 Å². The smallest absolute Gasteiger partial charge is 0.399 e. The molecule has 0 aliphatic carbocycles. The molecular weight excluding hydrogens is 534 g/mol. The number of nitrogens with one attached hydrogen (secondary N) is 1. The van der Waals surface area contributed by atoms with E-state index >= 15 is 4.39 Å². The number of alkyl halides is 3. The first-order chi connectivity index (χ1) is 19.5. The topological polar surface area (TPSA) is 75.4 Å². The van der Waals surface area contributed by atoms with Gasteiger partial charge in [-0.2, -0.15) is 13.2 Å². The minimum atomic E-state index is -4.60. The number of benzene rings is 4. The Morgan fingerprint density at radius 1 is 0.902 bits per heavy atom. The van der Waals surface area contributed by atoms with Gasteiger partial charge in [-0.25, -0.2) is 4.39 Å². The van der Waals surface area contributed by atoms with Crippen LogP contribution < -0.4 is 16.0 Å². The summed E-state index contributed by atoms with van der Waals surface area (Å²) in [5, 5.41) is 2.64. The molecule has 4 aromatic carbocycles. The van der Waals surface area contributed by atoms with Crippen molar-refractivity contribution in [2.75, 3.05) is 16.0 Å². The van der Waals surface area contributed by atoms with Crippen LogP contribution in [0.3, 0.4) is 0 Å². The van der Waals surface area contributed by atoms with Crippen LogP contribution >= 0.6 is 0 Å². The lowest BCUT2D eigenvalue weighted by molar-refractivity contribution is -0.138. The number of amides is 2. The normalized spacial score (nSPS) is 16.7. The van der Waals surface area contributed by atoms with Gasteiger partial charge in [0.2, 0.25) is 5.91 Å². The van der Waals surface area contributed by atoms with Gasteiger partial charge in [-0.3, -0.25) is 14.5 Å². The molecular formula is C32H27F4N3O2. The van der Waals surface area contributed by atoms with E-state index in [1.54, 1.807) is 61.5 Å². The minimum Gasteiger partial charge on any atom is -0.399 e. The number of fused-ring (bicyclic) bond motifs is 1. The number of nitrogen functional groups attached to an aromatic ring is 1. The minimum absolute atomic E-state index is 0.0225. The van der Waals surface area contributed by atoms with E-state index < -0.39 is 41.3 Å². The number of carbonyl (C=O) groups is 2. The highest BCUT2D eigenvalue weighted by Crippen LogP contribution is 2.44. The third kappa shape index (κ3) is 5.39. The molecule has 0 saturated heterocycles. The number of nitrogens with zero attached hydrogens (tertiary/aromatic N) is 1. The van der Waals surface area contributed by atoms with Crippen LogP contribution in [0.4, 0.5) is 34.6 Å². The Morgan fingerprint density at radius 3 is 2.29 bits per heavy atom.